The van der Waals surface area contributed by atoms with Crippen LogP contribution in [0.3, 0.4) is 0 Å². The Morgan fingerprint density at radius 3 is 2.94 bits per heavy atom. The molecule has 1 aromatic carbocycles. The van der Waals surface area contributed by atoms with Crippen molar-refractivity contribution in [2.45, 2.75) is 6.42 Å². The van der Waals surface area contributed by atoms with Crippen LogP contribution in [-0.4, -0.2) is 29.7 Å². The lowest BCUT2D eigenvalue weighted by atomic mass is 10.2. The Labute approximate surface area is 104 Å². The quantitative estimate of drug-likeness (QED) is 0.269. The summed E-state index contributed by atoms with van der Waals surface area (Å²) in [6.07, 6.45) is 2.87. The van der Waals surface area contributed by atoms with Crippen LogP contribution in [0.15, 0.2) is 23.4 Å². The SMILES string of the molecule is CSCCCOc1ccc(/C(N)=N/O)cc1F. The van der Waals surface area contributed by atoms with Crippen LogP contribution in [0.5, 0.6) is 5.75 Å². The lowest BCUT2D eigenvalue weighted by Crippen LogP contribution is -2.13. The predicted molar refractivity (Wildman–Crippen MR) is 67.4 cm³/mol. The van der Waals surface area contributed by atoms with Gasteiger partial charge in [0.1, 0.15) is 0 Å². The molecule has 6 heteroatoms. The average Bonchev–Trinajstić information content (AvgIpc) is 2.35. The summed E-state index contributed by atoms with van der Waals surface area (Å²) in [5, 5.41) is 11.3. The first kappa shape index (κ1) is 13.6. The number of hydrogen-bond acceptors (Lipinski definition) is 4. The van der Waals surface area contributed by atoms with Crippen LogP contribution < -0.4 is 10.5 Å². The molecule has 0 aliphatic rings. The fourth-order valence-corrected chi connectivity index (χ4v) is 1.63. The number of nitrogens with two attached hydrogens (primary N) is 1. The first-order valence-electron chi connectivity index (χ1n) is 5.08. The molecule has 94 valence electrons. The molecule has 1 rings (SSSR count). The van der Waals surface area contributed by atoms with Gasteiger partial charge in [0.2, 0.25) is 0 Å². The van der Waals surface area contributed by atoms with E-state index in [2.05, 4.69) is 5.16 Å². The number of nitrogens with zero attached hydrogens (tertiary/aromatic N) is 1. The summed E-state index contributed by atoms with van der Waals surface area (Å²) in [5.41, 5.74) is 5.66. The zero-order valence-corrected chi connectivity index (χ0v) is 10.3. The minimum Gasteiger partial charge on any atom is -0.490 e. The Morgan fingerprint density at radius 1 is 1.59 bits per heavy atom. The Kier molecular flexibility index (Phi) is 5.62. The summed E-state index contributed by atoms with van der Waals surface area (Å²) in [6, 6.07) is 4.20. The molecule has 0 radical (unpaired) electrons. The van der Waals surface area contributed by atoms with E-state index in [1.54, 1.807) is 17.8 Å². The molecule has 0 aliphatic heterocycles. The van der Waals surface area contributed by atoms with Gasteiger partial charge in [-0.1, -0.05) is 5.16 Å². The topological polar surface area (TPSA) is 67.8 Å². The van der Waals surface area contributed by atoms with E-state index in [4.69, 9.17) is 15.7 Å². The summed E-state index contributed by atoms with van der Waals surface area (Å²) in [5.74, 6) is 0.515. The van der Waals surface area contributed by atoms with Crippen molar-refractivity contribution in [3.8, 4) is 5.75 Å². The minimum absolute atomic E-state index is 0.127. The molecule has 1 aromatic rings. The monoisotopic (exact) mass is 258 g/mol. The number of amidine groups is 1. The second-order valence-electron chi connectivity index (χ2n) is 3.33. The van der Waals surface area contributed by atoms with Crippen LogP contribution in [0.4, 0.5) is 4.39 Å². The number of hydrogen-bond donors (Lipinski definition) is 2. The van der Waals surface area contributed by atoms with E-state index in [1.165, 1.54) is 12.1 Å². The van der Waals surface area contributed by atoms with Gasteiger partial charge < -0.3 is 15.7 Å². The number of halogens is 1. The van der Waals surface area contributed by atoms with Crippen LogP contribution >= 0.6 is 11.8 Å². The second kappa shape index (κ2) is 7.01. The van der Waals surface area contributed by atoms with E-state index in [9.17, 15) is 4.39 Å². The average molecular weight is 258 g/mol. The molecule has 0 amide bonds. The third-order valence-electron chi connectivity index (χ3n) is 2.09. The highest BCUT2D eigenvalue weighted by Gasteiger charge is 2.07. The zero-order chi connectivity index (χ0) is 12.7. The van der Waals surface area contributed by atoms with Crippen LogP contribution in [0.25, 0.3) is 0 Å². The second-order valence-corrected chi connectivity index (χ2v) is 4.31. The normalized spacial score (nSPS) is 11.5. The van der Waals surface area contributed by atoms with Crippen LogP contribution in [0.2, 0.25) is 0 Å². The van der Waals surface area contributed by atoms with Crippen molar-refractivity contribution in [2.24, 2.45) is 10.9 Å². The Hall–Kier alpha value is -1.43. The molecular formula is C11H15FN2O2S. The van der Waals surface area contributed by atoms with Gasteiger partial charge in [-0.15, -0.1) is 0 Å². The van der Waals surface area contributed by atoms with Crippen molar-refractivity contribution in [3.05, 3.63) is 29.6 Å². The van der Waals surface area contributed by atoms with Gasteiger partial charge in [-0.25, -0.2) is 4.39 Å². The summed E-state index contributed by atoms with van der Waals surface area (Å²) in [4.78, 5) is 0. The Balaban J connectivity index is 2.63. The van der Waals surface area contributed by atoms with Gasteiger partial charge in [0.15, 0.2) is 17.4 Å². The molecule has 0 bridgehead atoms. The van der Waals surface area contributed by atoms with E-state index >= 15 is 0 Å². The van der Waals surface area contributed by atoms with Gasteiger partial charge in [0.25, 0.3) is 0 Å². The van der Waals surface area contributed by atoms with E-state index in [1.807, 2.05) is 6.26 Å². The highest BCUT2D eigenvalue weighted by Crippen LogP contribution is 2.18. The molecule has 0 aliphatic carbocycles. The number of rotatable bonds is 6. The zero-order valence-electron chi connectivity index (χ0n) is 9.52. The van der Waals surface area contributed by atoms with Gasteiger partial charge in [-0.2, -0.15) is 11.8 Å². The standard InChI is InChI=1S/C11H15FN2O2S/c1-17-6-2-5-16-10-4-3-8(7-9(10)12)11(13)14-15/h3-4,7,15H,2,5-6H2,1H3,(H2,13,14). The summed E-state index contributed by atoms with van der Waals surface area (Å²) >= 11 is 1.72. The predicted octanol–water partition coefficient (Wildman–Crippen LogP) is 2.05. The third kappa shape index (κ3) is 4.14. The van der Waals surface area contributed by atoms with Crippen LogP contribution in [0.1, 0.15) is 12.0 Å². The van der Waals surface area contributed by atoms with Crippen molar-refractivity contribution in [1.29, 1.82) is 0 Å². The van der Waals surface area contributed by atoms with E-state index in [0.717, 1.165) is 12.2 Å². The maximum Gasteiger partial charge on any atom is 0.170 e. The van der Waals surface area contributed by atoms with Gasteiger partial charge in [0.05, 0.1) is 6.61 Å². The van der Waals surface area contributed by atoms with Gasteiger partial charge in [-0.05, 0) is 36.6 Å². The third-order valence-corrected chi connectivity index (χ3v) is 2.78. The smallest absolute Gasteiger partial charge is 0.170 e. The molecule has 0 spiro atoms. The van der Waals surface area contributed by atoms with Gasteiger partial charge in [0, 0.05) is 5.56 Å². The molecule has 0 saturated carbocycles. The summed E-state index contributed by atoms with van der Waals surface area (Å²) in [6.45, 7) is 0.473. The first-order chi connectivity index (χ1) is 8.19. The summed E-state index contributed by atoms with van der Waals surface area (Å²) < 4.78 is 18.8. The number of ether oxygens (including phenoxy) is 1. The largest absolute Gasteiger partial charge is 0.490 e. The molecule has 0 aromatic heterocycles. The van der Waals surface area contributed by atoms with Crippen LogP contribution in [-0.2, 0) is 0 Å². The van der Waals surface area contributed by atoms with Crippen molar-refractivity contribution >= 4 is 17.6 Å². The number of thioether (sulfide) groups is 1. The van der Waals surface area contributed by atoms with Gasteiger partial charge in [-0.3, -0.25) is 0 Å². The molecule has 0 heterocycles. The molecule has 0 saturated heterocycles. The highest BCUT2D eigenvalue weighted by atomic mass is 32.2. The molecule has 0 fully saturated rings. The van der Waals surface area contributed by atoms with E-state index in [0.29, 0.717) is 12.2 Å². The van der Waals surface area contributed by atoms with E-state index in [-0.39, 0.29) is 11.6 Å². The van der Waals surface area contributed by atoms with Gasteiger partial charge >= 0.3 is 0 Å². The van der Waals surface area contributed by atoms with E-state index < -0.39 is 5.82 Å². The van der Waals surface area contributed by atoms with Crippen LogP contribution in [0, 0.1) is 5.82 Å². The lowest BCUT2D eigenvalue weighted by molar-refractivity contribution is 0.302. The molecule has 3 N–H and O–H groups in total. The number of benzene rings is 1. The molecule has 4 nitrogen and oxygen atoms in total. The molecule has 0 atom stereocenters. The lowest BCUT2D eigenvalue weighted by Gasteiger charge is -2.07. The fraction of sp³-hybridized carbons (Fsp3) is 0.364. The van der Waals surface area contributed by atoms with Crippen molar-refractivity contribution < 1.29 is 14.3 Å². The Bertz CT molecular complexity index is 399. The first-order valence-corrected chi connectivity index (χ1v) is 6.47. The molecular weight excluding hydrogens is 243 g/mol. The van der Waals surface area contributed by atoms with Crippen molar-refractivity contribution in [3.63, 3.8) is 0 Å². The van der Waals surface area contributed by atoms with Crippen molar-refractivity contribution in [1.82, 2.24) is 0 Å². The molecule has 0 unspecified atom stereocenters. The van der Waals surface area contributed by atoms with Crippen molar-refractivity contribution in [2.75, 3.05) is 18.6 Å². The minimum atomic E-state index is -0.516. The fourth-order valence-electron chi connectivity index (χ4n) is 1.22. The molecule has 17 heavy (non-hydrogen) atoms. The Morgan fingerprint density at radius 2 is 2.35 bits per heavy atom. The highest BCUT2D eigenvalue weighted by molar-refractivity contribution is 7.98. The number of oxime groups is 1. The maximum atomic E-state index is 13.5. The maximum absolute atomic E-state index is 13.5. The summed E-state index contributed by atoms with van der Waals surface area (Å²) in [7, 11) is 0.